The number of aryl methyl sites for hydroxylation is 2. The van der Waals surface area contributed by atoms with E-state index in [9.17, 15) is 9.90 Å². The summed E-state index contributed by atoms with van der Waals surface area (Å²) in [7, 11) is 3.64. The fourth-order valence-corrected chi connectivity index (χ4v) is 3.42. The molecular weight excluding hydrogens is 348 g/mol. The van der Waals surface area contributed by atoms with Crippen molar-refractivity contribution in [2.24, 2.45) is 7.05 Å². The first-order chi connectivity index (χ1) is 12.9. The van der Waals surface area contributed by atoms with Gasteiger partial charge in [-0.05, 0) is 24.6 Å². The number of carbonyl (C=O) groups is 1. The Morgan fingerprint density at radius 3 is 2.89 bits per heavy atom. The quantitative estimate of drug-likeness (QED) is 0.734. The topological polar surface area (TPSA) is 101 Å². The van der Waals surface area contributed by atoms with Gasteiger partial charge in [0.05, 0.1) is 23.7 Å². The van der Waals surface area contributed by atoms with Crippen molar-refractivity contribution in [2.45, 2.75) is 26.0 Å². The molecule has 9 nitrogen and oxygen atoms in total. The highest BCUT2D eigenvalue weighted by atomic mass is 16.4. The first kappa shape index (κ1) is 17.5. The molecule has 1 fully saturated rings. The Morgan fingerprint density at radius 2 is 2.22 bits per heavy atom. The van der Waals surface area contributed by atoms with Gasteiger partial charge >= 0.3 is 0 Å². The van der Waals surface area contributed by atoms with Crippen LogP contribution in [0.5, 0.6) is 0 Å². The molecule has 3 aromatic rings. The second-order valence-corrected chi connectivity index (χ2v) is 6.94. The van der Waals surface area contributed by atoms with E-state index in [1.54, 1.807) is 26.1 Å². The average Bonchev–Trinajstić information content (AvgIpc) is 3.33. The number of carbonyl (C=O) groups excluding carboxylic acids is 1. The number of benzene rings is 1. The summed E-state index contributed by atoms with van der Waals surface area (Å²) in [6.07, 6.45) is 0.427. The van der Waals surface area contributed by atoms with Gasteiger partial charge in [0.25, 0.3) is 5.91 Å². The van der Waals surface area contributed by atoms with Crippen LogP contribution in [0.4, 0.5) is 5.95 Å². The summed E-state index contributed by atoms with van der Waals surface area (Å²) < 4.78 is 7.33. The number of aliphatic hydroxyl groups is 1. The van der Waals surface area contributed by atoms with Gasteiger partial charge in [-0.15, -0.1) is 10.2 Å². The molecule has 0 bridgehead atoms. The minimum absolute atomic E-state index is 0.142. The van der Waals surface area contributed by atoms with Crippen molar-refractivity contribution in [2.75, 3.05) is 25.0 Å². The van der Waals surface area contributed by atoms with E-state index in [1.165, 1.54) is 4.90 Å². The maximum atomic E-state index is 12.7. The van der Waals surface area contributed by atoms with E-state index in [-0.39, 0.29) is 18.6 Å². The van der Waals surface area contributed by atoms with Gasteiger partial charge in [0, 0.05) is 39.7 Å². The molecule has 1 amide bonds. The number of imidazole rings is 1. The third-order valence-electron chi connectivity index (χ3n) is 4.84. The van der Waals surface area contributed by atoms with Crippen molar-refractivity contribution in [1.82, 2.24) is 24.6 Å². The van der Waals surface area contributed by atoms with E-state index < -0.39 is 0 Å². The Morgan fingerprint density at radius 1 is 1.41 bits per heavy atom. The lowest BCUT2D eigenvalue weighted by molar-refractivity contribution is 0.0772. The Labute approximate surface area is 156 Å². The van der Waals surface area contributed by atoms with Crippen LogP contribution < -0.4 is 4.90 Å². The van der Waals surface area contributed by atoms with Crippen LogP contribution in [0.25, 0.3) is 11.0 Å². The molecule has 1 aliphatic rings. The standard InChI is InChI=1S/C18H22N6O3/c1-11-20-21-16(27-11)10-22(2)17(26)12-4-5-15-14(8-12)19-18(23(15)3)24-7-6-13(25)9-24/h4-5,8,13,25H,6-7,9-10H2,1-3H3/t13-/m0/s1. The molecule has 3 heterocycles. The highest BCUT2D eigenvalue weighted by Crippen LogP contribution is 2.25. The molecule has 0 spiro atoms. The highest BCUT2D eigenvalue weighted by Gasteiger charge is 2.25. The molecule has 0 radical (unpaired) electrons. The van der Waals surface area contributed by atoms with Gasteiger partial charge in [-0.25, -0.2) is 4.98 Å². The number of nitrogens with zero attached hydrogens (tertiary/aromatic N) is 6. The monoisotopic (exact) mass is 370 g/mol. The summed E-state index contributed by atoms with van der Waals surface area (Å²) in [6, 6.07) is 5.49. The second kappa shape index (κ2) is 6.66. The average molecular weight is 370 g/mol. The van der Waals surface area contributed by atoms with Crippen LogP contribution in [-0.2, 0) is 13.6 Å². The van der Waals surface area contributed by atoms with Gasteiger partial charge in [-0.1, -0.05) is 0 Å². The molecule has 1 atom stereocenters. The molecule has 1 aliphatic heterocycles. The summed E-state index contributed by atoms with van der Waals surface area (Å²) in [4.78, 5) is 21.0. The normalized spacial score (nSPS) is 17.0. The number of aromatic nitrogens is 4. The molecular formula is C18H22N6O3. The van der Waals surface area contributed by atoms with Crippen molar-refractivity contribution in [3.8, 4) is 0 Å². The van der Waals surface area contributed by atoms with Crippen molar-refractivity contribution in [3.63, 3.8) is 0 Å². The zero-order valence-corrected chi connectivity index (χ0v) is 15.6. The van der Waals surface area contributed by atoms with E-state index in [2.05, 4.69) is 20.1 Å². The lowest BCUT2D eigenvalue weighted by Crippen LogP contribution is -2.26. The van der Waals surface area contributed by atoms with Crippen molar-refractivity contribution in [3.05, 3.63) is 35.5 Å². The molecule has 1 N–H and O–H groups in total. The first-order valence-electron chi connectivity index (χ1n) is 8.86. The van der Waals surface area contributed by atoms with Crippen LogP contribution in [-0.4, -0.2) is 61.9 Å². The predicted molar refractivity (Wildman–Crippen MR) is 98.4 cm³/mol. The fourth-order valence-electron chi connectivity index (χ4n) is 3.42. The van der Waals surface area contributed by atoms with Gasteiger partial charge in [0.2, 0.25) is 17.7 Å². The number of hydrogen-bond acceptors (Lipinski definition) is 7. The molecule has 9 heteroatoms. The zero-order valence-electron chi connectivity index (χ0n) is 15.6. The van der Waals surface area contributed by atoms with Gasteiger partial charge < -0.3 is 23.9 Å². The lowest BCUT2D eigenvalue weighted by atomic mass is 10.2. The van der Waals surface area contributed by atoms with E-state index in [1.807, 2.05) is 17.7 Å². The minimum atomic E-state index is -0.316. The Kier molecular flexibility index (Phi) is 4.31. The molecule has 0 saturated carbocycles. The number of fused-ring (bicyclic) bond motifs is 1. The zero-order chi connectivity index (χ0) is 19.1. The number of rotatable bonds is 4. The van der Waals surface area contributed by atoms with Crippen LogP contribution in [0.15, 0.2) is 22.6 Å². The van der Waals surface area contributed by atoms with Gasteiger partial charge in [-0.3, -0.25) is 4.79 Å². The summed E-state index contributed by atoms with van der Waals surface area (Å²) in [6.45, 7) is 3.31. The van der Waals surface area contributed by atoms with Crippen LogP contribution in [0.3, 0.4) is 0 Å². The lowest BCUT2D eigenvalue weighted by Gasteiger charge is -2.16. The number of hydrogen-bond donors (Lipinski definition) is 1. The number of β-amino-alcohol motifs (C(OH)–C–C–N with tert-alkyl or cyclic N) is 1. The first-order valence-corrected chi connectivity index (χ1v) is 8.86. The Bertz CT molecular complexity index is 994. The maximum Gasteiger partial charge on any atom is 0.254 e. The number of aliphatic hydroxyl groups excluding tert-OH is 1. The summed E-state index contributed by atoms with van der Waals surface area (Å²) in [5.41, 5.74) is 2.24. The van der Waals surface area contributed by atoms with Gasteiger partial charge in [0.1, 0.15) is 0 Å². The van der Waals surface area contributed by atoms with E-state index in [4.69, 9.17) is 4.42 Å². The maximum absolute atomic E-state index is 12.7. The fraction of sp³-hybridized carbons (Fsp3) is 0.444. The minimum Gasteiger partial charge on any atom is -0.424 e. The molecule has 1 aromatic carbocycles. The van der Waals surface area contributed by atoms with Crippen molar-refractivity contribution in [1.29, 1.82) is 0 Å². The summed E-state index contributed by atoms with van der Waals surface area (Å²) in [5, 5.41) is 17.5. The van der Waals surface area contributed by atoms with Crippen LogP contribution in [0, 0.1) is 6.92 Å². The van der Waals surface area contributed by atoms with E-state index >= 15 is 0 Å². The van der Waals surface area contributed by atoms with Gasteiger partial charge in [0.15, 0.2) is 0 Å². The molecule has 0 unspecified atom stereocenters. The van der Waals surface area contributed by atoms with Crippen molar-refractivity contribution < 1.29 is 14.3 Å². The van der Waals surface area contributed by atoms with E-state index in [0.29, 0.717) is 23.9 Å². The third-order valence-corrected chi connectivity index (χ3v) is 4.84. The Hall–Kier alpha value is -2.94. The molecule has 0 aliphatic carbocycles. The molecule has 142 valence electrons. The summed E-state index contributed by atoms with van der Waals surface area (Å²) in [5.74, 6) is 1.54. The summed E-state index contributed by atoms with van der Waals surface area (Å²) >= 11 is 0. The van der Waals surface area contributed by atoms with Crippen molar-refractivity contribution >= 4 is 22.9 Å². The number of amides is 1. The second-order valence-electron chi connectivity index (χ2n) is 6.94. The van der Waals surface area contributed by atoms with E-state index in [0.717, 1.165) is 29.9 Å². The molecule has 2 aromatic heterocycles. The SMILES string of the molecule is Cc1nnc(CN(C)C(=O)c2ccc3c(c2)nc(N2CC[C@H](O)C2)n3C)o1. The molecule has 1 saturated heterocycles. The van der Waals surface area contributed by atoms with Gasteiger partial charge in [-0.2, -0.15) is 0 Å². The smallest absolute Gasteiger partial charge is 0.254 e. The third kappa shape index (κ3) is 3.25. The molecule has 4 rings (SSSR count). The Balaban J connectivity index is 1.58. The largest absolute Gasteiger partial charge is 0.424 e. The predicted octanol–water partition coefficient (Wildman–Crippen LogP) is 1.11. The van der Waals surface area contributed by atoms with Crippen LogP contribution in [0.2, 0.25) is 0 Å². The number of anilines is 1. The van der Waals surface area contributed by atoms with Crippen LogP contribution >= 0.6 is 0 Å². The molecule has 27 heavy (non-hydrogen) atoms. The highest BCUT2D eigenvalue weighted by molar-refractivity contribution is 5.97. The van der Waals surface area contributed by atoms with Crippen LogP contribution in [0.1, 0.15) is 28.6 Å².